The molecule has 0 radical (unpaired) electrons. The molecule has 6 N–H and O–H groups in total. The Morgan fingerprint density at radius 2 is 0.843 bits per heavy atom. The minimum atomic E-state index is -1.55. The molecule has 0 bridgehead atoms. The maximum absolute atomic E-state index is 13.1. The third-order valence-corrected chi connectivity index (χ3v) is 14.8. The van der Waals surface area contributed by atoms with Gasteiger partial charge in [-0.05, 0) is 44.9 Å². The number of aliphatic hydroxyl groups excluding tert-OH is 5. The Morgan fingerprint density at radius 1 is 0.486 bits per heavy atom. The molecule has 9 heteroatoms. The van der Waals surface area contributed by atoms with Gasteiger partial charge >= 0.3 is 0 Å². The van der Waals surface area contributed by atoms with Gasteiger partial charge in [0.25, 0.3) is 0 Å². The van der Waals surface area contributed by atoms with Gasteiger partial charge in [0.2, 0.25) is 5.91 Å². The van der Waals surface area contributed by atoms with E-state index in [1.807, 2.05) is 0 Å². The molecular formula is C61H117NO8. The van der Waals surface area contributed by atoms with Crippen LogP contribution in [0.3, 0.4) is 0 Å². The lowest BCUT2D eigenvalue weighted by atomic mass is 9.99. The number of carbonyl (C=O) groups excluding carboxylic acids is 1. The second-order valence-corrected chi connectivity index (χ2v) is 21.5. The maximum Gasteiger partial charge on any atom is 0.220 e. The van der Waals surface area contributed by atoms with E-state index in [9.17, 15) is 30.3 Å². The summed E-state index contributed by atoms with van der Waals surface area (Å²) in [6.45, 7) is 3.86. The maximum atomic E-state index is 13.1. The monoisotopic (exact) mass is 992 g/mol. The van der Waals surface area contributed by atoms with E-state index >= 15 is 0 Å². The topological polar surface area (TPSA) is 149 Å². The standard InChI is InChI=1S/C61H117NO8/c1-3-5-7-9-11-13-15-17-19-21-23-25-26-27-28-29-31-32-34-36-38-40-42-44-46-48-50-55(64)54(53-69-61-60(68)59(67)58(66)56(52-63)70-61)62-57(65)51-49-47-45-43-41-39-37-35-33-30-24-22-20-18-16-14-12-10-8-6-4-2/h16,18,22,24,54-56,58-61,63-64,66-68H,3-15,17,19-21,23,25-53H2,1-2H3,(H,62,65)/b18-16-,24-22-. The minimum absolute atomic E-state index is 0.137. The van der Waals surface area contributed by atoms with Crippen molar-refractivity contribution in [2.45, 2.75) is 346 Å². The van der Waals surface area contributed by atoms with Crippen molar-refractivity contribution in [1.29, 1.82) is 0 Å². The summed E-state index contributed by atoms with van der Waals surface area (Å²) in [6.07, 6.45) is 57.8. The normalized spacial score (nSPS) is 19.4. The Kier molecular flexibility index (Phi) is 48.7. The van der Waals surface area contributed by atoms with Crippen LogP contribution in [0.2, 0.25) is 0 Å². The summed E-state index contributed by atoms with van der Waals surface area (Å²) in [5.74, 6) is -0.144. The van der Waals surface area contributed by atoms with Crippen molar-refractivity contribution < 1.29 is 39.8 Å². The van der Waals surface area contributed by atoms with Gasteiger partial charge in [0.1, 0.15) is 24.4 Å². The molecule has 1 amide bonds. The van der Waals surface area contributed by atoms with Crippen LogP contribution >= 0.6 is 0 Å². The van der Waals surface area contributed by atoms with Crippen LogP contribution < -0.4 is 5.32 Å². The molecule has 414 valence electrons. The molecule has 0 aromatic heterocycles. The molecule has 0 saturated carbocycles. The SMILES string of the molecule is CCCCCCC/C=C\C/C=C\CCCCCCCCCCCC(=O)NC(COC1OC(CO)C(O)C(O)C1O)C(O)CCCCCCCCCCCCCCCCCCCCCCCCCCCC. The fourth-order valence-corrected chi connectivity index (χ4v) is 9.96. The molecule has 0 aromatic rings. The Bertz CT molecular complexity index is 1150. The zero-order valence-electron chi connectivity index (χ0n) is 46.0. The van der Waals surface area contributed by atoms with Gasteiger partial charge < -0.3 is 40.3 Å². The number of amides is 1. The Morgan fingerprint density at radius 3 is 1.23 bits per heavy atom. The summed E-state index contributed by atoms with van der Waals surface area (Å²) in [6, 6.07) is -0.721. The highest BCUT2D eigenvalue weighted by Crippen LogP contribution is 2.23. The van der Waals surface area contributed by atoms with Crippen molar-refractivity contribution in [2.24, 2.45) is 0 Å². The number of carbonyl (C=O) groups is 1. The number of allylic oxidation sites excluding steroid dienone is 4. The van der Waals surface area contributed by atoms with Crippen LogP contribution in [-0.4, -0.2) is 87.5 Å². The molecule has 0 aliphatic carbocycles. The molecule has 1 aliphatic rings. The number of aliphatic hydroxyl groups is 5. The minimum Gasteiger partial charge on any atom is -0.394 e. The average Bonchev–Trinajstić information content (AvgIpc) is 3.36. The molecular weight excluding hydrogens is 875 g/mol. The molecule has 1 saturated heterocycles. The number of rotatable bonds is 53. The van der Waals surface area contributed by atoms with E-state index in [4.69, 9.17) is 9.47 Å². The summed E-state index contributed by atoms with van der Waals surface area (Å²) in [4.78, 5) is 13.1. The number of hydrogen-bond donors (Lipinski definition) is 6. The first kappa shape index (κ1) is 66.7. The van der Waals surface area contributed by atoms with Gasteiger partial charge in [-0.3, -0.25) is 4.79 Å². The second-order valence-electron chi connectivity index (χ2n) is 21.5. The van der Waals surface area contributed by atoms with E-state index in [1.165, 1.54) is 231 Å². The van der Waals surface area contributed by atoms with Gasteiger partial charge in [0.15, 0.2) is 6.29 Å². The van der Waals surface area contributed by atoms with Crippen LogP contribution in [0.15, 0.2) is 24.3 Å². The fourth-order valence-electron chi connectivity index (χ4n) is 9.96. The highest BCUT2D eigenvalue weighted by Gasteiger charge is 2.44. The summed E-state index contributed by atoms with van der Waals surface area (Å²) in [7, 11) is 0. The lowest BCUT2D eigenvalue weighted by molar-refractivity contribution is -0.302. The van der Waals surface area contributed by atoms with Crippen LogP contribution in [-0.2, 0) is 14.3 Å². The molecule has 9 nitrogen and oxygen atoms in total. The Balaban J connectivity index is 2.18. The molecule has 7 unspecified atom stereocenters. The Hall–Kier alpha value is -1.33. The first-order chi connectivity index (χ1) is 34.3. The van der Waals surface area contributed by atoms with E-state index in [0.29, 0.717) is 12.8 Å². The third-order valence-electron chi connectivity index (χ3n) is 14.8. The Labute approximate surface area is 432 Å². The van der Waals surface area contributed by atoms with Crippen LogP contribution in [0.5, 0.6) is 0 Å². The molecule has 7 atom stereocenters. The van der Waals surface area contributed by atoms with Gasteiger partial charge in [-0.15, -0.1) is 0 Å². The van der Waals surface area contributed by atoms with E-state index < -0.39 is 49.5 Å². The van der Waals surface area contributed by atoms with Crippen molar-refractivity contribution in [3.8, 4) is 0 Å². The number of unbranched alkanes of at least 4 members (excludes halogenated alkanes) is 39. The number of hydrogen-bond acceptors (Lipinski definition) is 8. The van der Waals surface area contributed by atoms with Gasteiger partial charge in [-0.2, -0.15) is 0 Å². The van der Waals surface area contributed by atoms with E-state index in [0.717, 1.165) is 44.9 Å². The second kappa shape index (κ2) is 51.2. The highest BCUT2D eigenvalue weighted by atomic mass is 16.7. The molecule has 0 spiro atoms. The predicted molar refractivity (Wildman–Crippen MR) is 295 cm³/mol. The predicted octanol–water partition coefficient (Wildman–Crippen LogP) is 15.4. The van der Waals surface area contributed by atoms with Crippen molar-refractivity contribution in [2.75, 3.05) is 13.2 Å². The van der Waals surface area contributed by atoms with Gasteiger partial charge in [0.05, 0.1) is 25.4 Å². The zero-order chi connectivity index (χ0) is 50.8. The van der Waals surface area contributed by atoms with Gasteiger partial charge in [0, 0.05) is 6.42 Å². The third kappa shape index (κ3) is 40.1. The lowest BCUT2D eigenvalue weighted by Gasteiger charge is -2.40. The van der Waals surface area contributed by atoms with Crippen molar-refractivity contribution in [1.82, 2.24) is 5.32 Å². The zero-order valence-corrected chi connectivity index (χ0v) is 46.0. The van der Waals surface area contributed by atoms with E-state index in [1.54, 1.807) is 0 Å². The summed E-state index contributed by atoms with van der Waals surface area (Å²) >= 11 is 0. The van der Waals surface area contributed by atoms with Gasteiger partial charge in [-0.25, -0.2) is 0 Å². The molecule has 1 fully saturated rings. The average molecular weight is 993 g/mol. The molecule has 1 rings (SSSR count). The summed E-state index contributed by atoms with van der Waals surface area (Å²) in [5.41, 5.74) is 0. The summed E-state index contributed by atoms with van der Waals surface area (Å²) < 4.78 is 11.3. The molecule has 1 aliphatic heterocycles. The van der Waals surface area contributed by atoms with E-state index in [-0.39, 0.29) is 12.5 Å². The smallest absolute Gasteiger partial charge is 0.220 e. The van der Waals surface area contributed by atoms with Crippen molar-refractivity contribution in [3.63, 3.8) is 0 Å². The molecule has 70 heavy (non-hydrogen) atoms. The van der Waals surface area contributed by atoms with Gasteiger partial charge in [-0.1, -0.05) is 276 Å². The summed E-state index contributed by atoms with van der Waals surface area (Å²) in [5, 5.41) is 54.8. The lowest BCUT2D eigenvalue weighted by Crippen LogP contribution is -2.60. The van der Waals surface area contributed by atoms with Crippen molar-refractivity contribution in [3.05, 3.63) is 24.3 Å². The fraction of sp³-hybridized carbons (Fsp3) is 0.918. The quantitative estimate of drug-likeness (QED) is 0.0261. The van der Waals surface area contributed by atoms with Crippen LogP contribution in [0.1, 0.15) is 303 Å². The number of ether oxygens (including phenoxy) is 2. The van der Waals surface area contributed by atoms with E-state index in [2.05, 4.69) is 43.5 Å². The van der Waals surface area contributed by atoms with Crippen molar-refractivity contribution >= 4 is 5.91 Å². The van der Waals surface area contributed by atoms with Crippen LogP contribution in [0, 0.1) is 0 Å². The number of nitrogens with one attached hydrogen (secondary N) is 1. The first-order valence-electron chi connectivity index (χ1n) is 30.5. The van der Waals surface area contributed by atoms with Crippen LogP contribution in [0.25, 0.3) is 0 Å². The first-order valence-corrected chi connectivity index (χ1v) is 30.5. The largest absolute Gasteiger partial charge is 0.394 e. The van der Waals surface area contributed by atoms with Crippen LogP contribution in [0.4, 0.5) is 0 Å². The molecule has 0 aromatic carbocycles. The molecule has 1 heterocycles. The highest BCUT2D eigenvalue weighted by molar-refractivity contribution is 5.76.